The summed E-state index contributed by atoms with van der Waals surface area (Å²) in [5.41, 5.74) is 4.70. The Labute approximate surface area is 293 Å². The van der Waals surface area contributed by atoms with Crippen LogP contribution >= 0.6 is 22.6 Å². The summed E-state index contributed by atoms with van der Waals surface area (Å²) < 4.78 is 43.7. The van der Waals surface area contributed by atoms with Crippen LogP contribution in [0.2, 0.25) is 0 Å². The van der Waals surface area contributed by atoms with Gasteiger partial charge in [-0.05, 0) is 86.8 Å². The van der Waals surface area contributed by atoms with E-state index in [0.29, 0.717) is 28.5 Å². The molecule has 0 radical (unpaired) electrons. The Morgan fingerprint density at radius 1 is 1.06 bits per heavy atom. The molecule has 5 heterocycles. The minimum Gasteiger partial charge on any atom is -0.337 e. The number of benzene rings is 1. The molecule has 4 aromatic heterocycles. The van der Waals surface area contributed by atoms with Gasteiger partial charge in [-0.1, -0.05) is 35.6 Å². The van der Waals surface area contributed by atoms with Crippen LogP contribution in [0.25, 0.3) is 27.7 Å². The van der Waals surface area contributed by atoms with E-state index in [4.69, 9.17) is 0 Å². The molecule has 1 aliphatic carbocycles. The molecule has 0 spiro atoms. The van der Waals surface area contributed by atoms with Crippen molar-refractivity contribution in [2.45, 2.75) is 75.7 Å². The fourth-order valence-electron chi connectivity index (χ4n) is 6.82. The summed E-state index contributed by atoms with van der Waals surface area (Å²) in [6.45, 7) is 7.07. The zero-order valence-electron chi connectivity index (χ0n) is 27.2. The Kier molecular flexibility index (Phi) is 8.27. The normalized spacial score (nSPS) is 19.6. The number of nitrogens with one attached hydrogen (secondary N) is 1. The van der Waals surface area contributed by atoms with Gasteiger partial charge in [0.1, 0.15) is 24.1 Å². The number of aryl methyl sites for hydroxylation is 2. The van der Waals surface area contributed by atoms with Gasteiger partial charge in [-0.3, -0.25) is 14.4 Å². The number of fused-ring (bicyclic) bond motifs is 2. The third kappa shape index (κ3) is 6.19. The number of halogens is 4. The molecule has 10 nitrogen and oxygen atoms in total. The molecule has 2 fully saturated rings. The highest BCUT2D eigenvalue weighted by molar-refractivity contribution is 14.1. The molecule has 1 aromatic carbocycles. The number of aromatic nitrogens is 5. The summed E-state index contributed by atoms with van der Waals surface area (Å²) in [5.74, 6) is -1.21. The Balaban J connectivity index is 1.19. The zero-order chi connectivity index (χ0) is 34.9. The van der Waals surface area contributed by atoms with Crippen molar-refractivity contribution in [2.24, 2.45) is 5.92 Å². The minimum absolute atomic E-state index is 0.0396. The Morgan fingerprint density at radius 3 is 2.51 bits per heavy atom. The van der Waals surface area contributed by atoms with Crippen LogP contribution in [0, 0.1) is 19.8 Å². The van der Waals surface area contributed by atoms with Gasteiger partial charge in [-0.25, -0.2) is 14.5 Å². The van der Waals surface area contributed by atoms with Crippen molar-refractivity contribution in [3.05, 3.63) is 77.0 Å². The maximum Gasteiger partial charge on any atom is 0.433 e. The van der Waals surface area contributed by atoms with E-state index in [1.807, 2.05) is 45.2 Å². The van der Waals surface area contributed by atoms with Crippen molar-refractivity contribution in [2.75, 3.05) is 5.32 Å². The van der Waals surface area contributed by atoms with Crippen LogP contribution in [0.4, 0.5) is 19.0 Å². The second-order valence-electron chi connectivity index (χ2n) is 13.1. The van der Waals surface area contributed by atoms with Crippen molar-refractivity contribution in [3.63, 3.8) is 0 Å². The molecule has 14 heteroatoms. The highest BCUT2D eigenvalue weighted by Crippen LogP contribution is 2.44. The van der Waals surface area contributed by atoms with Crippen LogP contribution in [0.3, 0.4) is 0 Å². The van der Waals surface area contributed by atoms with Crippen molar-refractivity contribution in [1.82, 2.24) is 29.0 Å². The molecular weight excluding hydrogens is 750 g/mol. The van der Waals surface area contributed by atoms with Crippen LogP contribution in [0.1, 0.15) is 71.9 Å². The largest absolute Gasteiger partial charge is 0.433 e. The first-order chi connectivity index (χ1) is 23.2. The van der Waals surface area contributed by atoms with Gasteiger partial charge in [0, 0.05) is 41.2 Å². The second-order valence-corrected chi connectivity index (χ2v) is 14.4. The predicted molar refractivity (Wildman–Crippen MR) is 185 cm³/mol. The first kappa shape index (κ1) is 33.2. The van der Waals surface area contributed by atoms with Crippen LogP contribution in [0.5, 0.6) is 0 Å². The number of alkyl halides is 4. The molecule has 2 amide bonds. The van der Waals surface area contributed by atoms with E-state index < -0.39 is 23.8 Å². The Bertz CT molecular complexity index is 2170. The summed E-state index contributed by atoms with van der Waals surface area (Å²) >= 11 is 2.14. The van der Waals surface area contributed by atoms with Crippen molar-refractivity contribution in [1.29, 1.82) is 0 Å². The molecular formula is C35H33F3IN7O3. The van der Waals surface area contributed by atoms with E-state index in [2.05, 4.69) is 43.0 Å². The summed E-state index contributed by atoms with van der Waals surface area (Å²) in [6, 6.07) is 7.18. The molecule has 1 saturated heterocycles. The standard InChI is InChI=1S/C35H33F3IN7O3/c1-17-9-22(23-13-40-29-11-19(3)43-45(29)14-23)12-25-26(20(4)47)15-44(31(17)25)16-30(48)46-27(10-18(2)32(46)39)34(49)42-33-24(21-5-6-21)7-8-28(41-33)35(36,37)38/h7-9,11-15,18,21,27,32H,5-6,10,16H2,1-4H3,(H,41,42,49)/t18-,27-,32-/m0/s1. The van der Waals surface area contributed by atoms with Gasteiger partial charge in [0.05, 0.1) is 15.3 Å². The van der Waals surface area contributed by atoms with Crippen molar-refractivity contribution < 1.29 is 27.6 Å². The van der Waals surface area contributed by atoms with Crippen LogP contribution in [-0.4, -0.2) is 56.7 Å². The van der Waals surface area contributed by atoms with Crippen molar-refractivity contribution in [3.8, 4) is 11.1 Å². The number of amides is 2. The number of Topliss-reactive ketones (excluding diaryl/α,β-unsaturated/α-hetero) is 1. The molecule has 49 heavy (non-hydrogen) atoms. The lowest BCUT2D eigenvalue weighted by atomic mass is 10.0. The number of hydrogen-bond donors (Lipinski definition) is 1. The maximum absolute atomic E-state index is 14.1. The molecule has 1 saturated carbocycles. The monoisotopic (exact) mass is 783 g/mol. The van der Waals surface area contributed by atoms with E-state index in [-0.39, 0.29) is 39.9 Å². The molecule has 254 valence electrons. The first-order valence-corrected chi connectivity index (χ1v) is 17.2. The lowest BCUT2D eigenvalue weighted by Crippen LogP contribution is -2.47. The fourth-order valence-corrected chi connectivity index (χ4v) is 7.81. The number of carbonyl (C=O) groups is 3. The van der Waals surface area contributed by atoms with E-state index in [0.717, 1.165) is 46.9 Å². The number of anilines is 1. The SMILES string of the molecule is CC(=O)c1cn(CC(=O)N2[C@H](I)[C@@H](C)C[C@H]2C(=O)Nc2nc(C(F)(F)F)ccc2C2CC2)c2c(C)cc(-c3cnc4cc(C)nn4c3)cc12. The Hall–Kier alpha value is -4.34. The lowest BCUT2D eigenvalue weighted by Gasteiger charge is -2.28. The van der Waals surface area contributed by atoms with Crippen LogP contribution < -0.4 is 5.32 Å². The van der Waals surface area contributed by atoms with E-state index in [1.54, 1.807) is 21.5 Å². The number of rotatable bonds is 7. The van der Waals surface area contributed by atoms with Crippen molar-refractivity contribution >= 4 is 62.6 Å². The molecule has 3 atom stereocenters. The van der Waals surface area contributed by atoms with Gasteiger partial charge in [-0.15, -0.1) is 0 Å². The van der Waals surface area contributed by atoms with Gasteiger partial charge < -0.3 is 14.8 Å². The molecule has 7 rings (SSSR count). The maximum atomic E-state index is 14.1. The van der Waals surface area contributed by atoms with Crippen LogP contribution in [-0.2, 0) is 22.3 Å². The number of ketones is 1. The van der Waals surface area contributed by atoms with E-state index in [1.165, 1.54) is 17.9 Å². The van der Waals surface area contributed by atoms with Gasteiger partial charge in [0.2, 0.25) is 11.8 Å². The number of pyridine rings is 1. The summed E-state index contributed by atoms with van der Waals surface area (Å²) in [4.78, 5) is 50.5. The molecule has 1 aliphatic heterocycles. The molecule has 2 aliphatic rings. The quantitative estimate of drug-likeness (QED) is 0.0816. The zero-order valence-corrected chi connectivity index (χ0v) is 29.3. The van der Waals surface area contributed by atoms with Gasteiger partial charge in [0.25, 0.3) is 0 Å². The molecule has 0 bridgehead atoms. The number of likely N-dealkylation sites (tertiary alicyclic amines) is 1. The van der Waals surface area contributed by atoms with E-state index in [9.17, 15) is 27.6 Å². The highest BCUT2D eigenvalue weighted by Gasteiger charge is 2.45. The van der Waals surface area contributed by atoms with Crippen LogP contribution in [0.15, 0.2) is 48.9 Å². The number of nitrogens with zero attached hydrogens (tertiary/aromatic N) is 6. The number of hydrogen-bond acceptors (Lipinski definition) is 6. The third-order valence-electron chi connectivity index (χ3n) is 9.35. The first-order valence-electron chi connectivity index (χ1n) is 16.0. The average molecular weight is 784 g/mol. The lowest BCUT2D eigenvalue weighted by molar-refractivity contribution is -0.141. The minimum atomic E-state index is -4.67. The smallest absolute Gasteiger partial charge is 0.337 e. The molecule has 5 aromatic rings. The predicted octanol–water partition coefficient (Wildman–Crippen LogP) is 7.10. The Morgan fingerprint density at radius 2 is 1.82 bits per heavy atom. The average Bonchev–Trinajstić information content (AvgIpc) is 3.61. The van der Waals surface area contributed by atoms with Gasteiger partial charge in [-0.2, -0.15) is 18.3 Å². The van der Waals surface area contributed by atoms with Gasteiger partial charge >= 0.3 is 6.18 Å². The summed E-state index contributed by atoms with van der Waals surface area (Å²) in [5, 5.41) is 7.81. The van der Waals surface area contributed by atoms with E-state index >= 15 is 0 Å². The summed E-state index contributed by atoms with van der Waals surface area (Å²) in [7, 11) is 0. The summed E-state index contributed by atoms with van der Waals surface area (Å²) in [6.07, 6.45) is 2.59. The molecule has 0 unspecified atom stereocenters. The second kappa shape index (κ2) is 12.2. The number of carbonyl (C=O) groups excluding carboxylic acids is 3. The molecule has 1 N–H and O–H groups in total. The fraction of sp³-hybridized carbons (Fsp3) is 0.371. The highest BCUT2D eigenvalue weighted by atomic mass is 127. The third-order valence-corrected chi connectivity index (χ3v) is 11.2. The topological polar surface area (TPSA) is 114 Å². The van der Waals surface area contributed by atoms with Gasteiger partial charge in [0.15, 0.2) is 11.4 Å².